The Morgan fingerprint density at radius 3 is 2.44 bits per heavy atom. The summed E-state index contributed by atoms with van der Waals surface area (Å²) in [5.41, 5.74) is -1.97. The molecule has 0 amide bonds. The molecule has 0 saturated carbocycles. The summed E-state index contributed by atoms with van der Waals surface area (Å²) in [5.74, 6) is 0.721. The molecule has 2 aromatic heterocycles. The second-order valence-electron chi connectivity index (χ2n) is 5.36. The first-order chi connectivity index (χ1) is 12.7. The van der Waals surface area contributed by atoms with Crippen LogP contribution >= 0.6 is 0 Å². The SMILES string of the molecule is O=c1nc(/C=C\c2ccc(-c3ccc([N+](=O)[O-])cc3)o2)cc(C(F)(F)F)[nH]1. The Kier molecular flexibility index (Phi) is 4.63. The van der Waals surface area contributed by atoms with E-state index in [0.29, 0.717) is 23.2 Å². The van der Waals surface area contributed by atoms with Gasteiger partial charge in [0.05, 0.1) is 10.6 Å². The predicted molar refractivity (Wildman–Crippen MR) is 89.6 cm³/mol. The Hall–Kier alpha value is -3.69. The monoisotopic (exact) mass is 377 g/mol. The fourth-order valence-electron chi connectivity index (χ4n) is 2.23. The highest BCUT2D eigenvalue weighted by atomic mass is 19.4. The van der Waals surface area contributed by atoms with E-state index in [1.807, 2.05) is 0 Å². The molecule has 0 aliphatic heterocycles. The summed E-state index contributed by atoms with van der Waals surface area (Å²) >= 11 is 0. The summed E-state index contributed by atoms with van der Waals surface area (Å²) in [6.45, 7) is 0. The normalized spacial score (nSPS) is 11.8. The average molecular weight is 377 g/mol. The summed E-state index contributed by atoms with van der Waals surface area (Å²) in [4.78, 5) is 26.5. The summed E-state index contributed by atoms with van der Waals surface area (Å²) < 4.78 is 43.6. The number of furan rings is 1. The third-order valence-electron chi connectivity index (χ3n) is 3.48. The number of H-pyrrole nitrogens is 1. The number of benzene rings is 1. The number of rotatable bonds is 4. The number of halogens is 3. The number of aromatic nitrogens is 2. The van der Waals surface area contributed by atoms with Gasteiger partial charge in [-0.15, -0.1) is 0 Å². The van der Waals surface area contributed by atoms with E-state index in [1.165, 1.54) is 36.4 Å². The van der Waals surface area contributed by atoms with E-state index in [-0.39, 0.29) is 11.4 Å². The van der Waals surface area contributed by atoms with Crippen LogP contribution in [-0.4, -0.2) is 14.9 Å². The molecule has 10 heteroatoms. The lowest BCUT2D eigenvalue weighted by Gasteiger charge is -2.05. The molecule has 0 saturated heterocycles. The van der Waals surface area contributed by atoms with Gasteiger partial charge in [-0.2, -0.15) is 18.2 Å². The number of hydrogen-bond donors (Lipinski definition) is 1. The van der Waals surface area contributed by atoms with Crippen LogP contribution in [0.25, 0.3) is 23.5 Å². The van der Waals surface area contributed by atoms with Gasteiger partial charge in [-0.05, 0) is 42.5 Å². The standard InChI is InChI=1S/C17H10F3N3O4/c18-17(19,20)15-9-11(21-16(24)22-15)3-6-13-7-8-14(27-13)10-1-4-12(5-2-10)23(25)26/h1-9H,(H,21,22,24)/b6-3-. The maximum absolute atomic E-state index is 12.7. The number of hydrogen-bond acceptors (Lipinski definition) is 5. The van der Waals surface area contributed by atoms with Crippen molar-refractivity contribution in [1.82, 2.24) is 9.97 Å². The fraction of sp³-hybridized carbons (Fsp3) is 0.0588. The molecule has 0 spiro atoms. The molecule has 3 rings (SSSR count). The molecule has 27 heavy (non-hydrogen) atoms. The van der Waals surface area contributed by atoms with Crippen LogP contribution in [0.1, 0.15) is 17.1 Å². The summed E-state index contributed by atoms with van der Waals surface area (Å²) in [5, 5.41) is 10.7. The van der Waals surface area contributed by atoms with Crippen molar-refractivity contribution in [2.45, 2.75) is 6.18 Å². The summed E-state index contributed by atoms with van der Waals surface area (Å²) in [6, 6.07) is 9.55. The van der Waals surface area contributed by atoms with Crippen LogP contribution in [-0.2, 0) is 6.18 Å². The summed E-state index contributed by atoms with van der Waals surface area (Å²) in [7, 11) is 0. The number of alkyl halides is 3. The number of nitrogens with zero attached hydrogens (tertiary/aromatic N) is 2. The minimum atomic E-state index is -4.70. The number of nitro benzene ring substituents is 1. The molecule has 0 fully saturated rings. The topological polar surface area (TPSA) is 102 Å². The lowest BCUT2D eigenvalue weighted by Crippen LogP contribution is -2.19. The average Bonchev–Trinajstić information content (AvgIpc) is 3.08. The van der Waals surface area contributed by atoms with Gasteiger partial charge in [0.25, 0.3) is 5.69 Å². The molecule has 0 atom stereocenters. The van der Waals surface area contributed by atoms with Gasteiger partial charge in [0.2, 0.25) is 0 Å². The fourth-order valence-corrected chi connectivity index (χ4v) is 2.23. The maximum atomic E-state index is 12.7. The van der Waals surface area contributed by atoms with E-state index in [0.717, 1.165) is 0 Å². The second-order valence-corrected chi connectivity index (χ2v) is 5.36. The second kappa shape index (κ2) is 6.90. The summed E-state index contributed by atoms with van der Waals surface area (Å²) in [6.07, 6.45) is -2.13. The van der Waals surface area contributed by atoms with Crippen molar-refractivity contribution in [1.29, 1.82) is 0 Å². The third-order valence-corrected chi connectivity index (χ3v) is 3.48. The van der Waals surface area contributed by atoms with Crippen LogP contribution < -0.4 is 5.69 Å². The Morgan fingerprint density at radius 1 is 1.11 bits per heavy atom. The highest BCUT2D eigenvalue weighted by Gasteiger charge is 2.32. The van der Waals surface area contributed by atoms with Gasteiger partial charge in [0.1, 0.15) is 17.2 Å². The highest BCUT2D eigenvalue weighted by Crippen LogP contribution is 2.28. The first-order valence-electron chi connectivity index (χ1n) is 7.44. The van der Waals surface area contributed by atoms with Crippen molar-refractivity contribution in [3.63, 3.8) is 0 Å². The van der Waals surface area contributed by atoms with Gasteiger partial charge >= 0.3 is 11.9 Å². The molecule has 1 N–H and O–H groups in total. The molecule has 0 unspecified atom stereocenters. The zero-order valence-corrected chi connectivity index (χ0v) is 13.4. The van der Waals surface area contributed by atoms with E-state index in [9.17, 15) is 28.1 Å². The van der Waals surface area contributed by atoms with Crippen LogP contribution in [0.15, 0.2) is 51.7 Å². The minimum absolute atomic E-state index is 0.0636. The van der Waals surface area contributed by atoms with Gasteiger partial charge < -0.3 is 9.40 Å². The molecule has 0 aliphatic carbocycles. The Balaban J connectivity index is 1.82. The zero-order valence-electron chi connectivity index (χ0n) is 13.4. The predicted octanol–water partition coefficient (Wildman–Crippen LogP) is 4.13. The highest BCUT2D eigenvalue weighted by molar-refractivity contribution is 5.68. The van der Waals surface area contributed by atoms with Crippen molar-refractivity contribution in [2.24, 2.45) is 0 Å². The maximum Gasteiger partial charge on any atom is 0.431 e. The smallest absolute Gasteiger partial charge is 0.431 e. The van der Waals surface area contributed by atoms with Gasteiger partial charge in [0.15, 0.2) is 0 Å². The Labute approximate surface area is 148 Å². The van der Waals surface area contributed by atoms with Gasteiger partial charge in [-0.25, -0.2) is 4.79 Å². The first kappa shape index (κ1) is 18.1. The molecule has 3 aromatic rings. The molecule has 0 radical (unpaired) electrons. The van der Waals surface area contributed by atoms with Gasteiger partial charge in [-0.3, -0.25) is 10.1 Å². The minimum Gasteiger partial charge on any atom is -0.457 e. The van der Waals surface area contributed by atoms with Crippen molar-refractivity contribution in [3.05, 3.63) is 80.2 Å². The Bertz CT molecular complexity index is 1070. The molecule has 2 heterocycles. The molecule has 0 aliphatic rings. The number of aromatic amines is 1. The van der Waals surface area contributed by atoms with Crippen LogP contribution in [0, 0.1) is 10.1 Å². The van der Waals surface area contributed by atoms with Gasteiger partial charge in [0, 0.05) is 17.7 Å². The van der Waals surface area contributed by atoms with E-state index in [2.05, 4.69) is 4.98 Å². The van der Waals surface area contributed by atoms with Crippen molar-refractivity contribution in [3.8, 4) is 11.3 Å². The van der Waals surface area contributed by atoms with Crippen LogP contribution in [0.4, 0.5) is 18.9 Å². The molecule has 1 aromatic carbocycles. The van der Waals surface area contributed by atoms with E-state index < -0.39 is 22.5 Å². The van der Waals surface area contributed by atoms with Crippen molar-refractivity contribution in [2.75, 3.05) is 0 Å². The number of nitro groups is 1. The molecule has 7 nitrogen and oxygen atoms in total. The molecular formula is C17H10F3N3O4. The van der Waals surface area contributed by atoms with Crippen molar-refractivity contribution >= 4 is 17.8 Å². The van der Waals surface area contributed by atoms with E-state index in [4.69, 9.17) is 4.42 Å². The van der Waals surface area contributed by atoms with Crippen LogP contribution in [0.3, 0.4) is 0 Å². The third kappa shape index (κ3) is 4.29. The quantitative estimate of drug-likeness (QED) is 0.544. The van der Waals surface area contributed by atoms with E-state index in [1.54, 1.807) is 17.1 Å². The van der Waals surface area contributed by atoms with Gasteiger partial charge in [-0.1, -0.05) is 0 Å². The first-order valence-corrected chi connectivity index (χ1v) is 7.44. The Morgan fingerprint density at radius 2 is 1.81 bits per heavy atom. The van der Waals surface area contributed by atoms with Crippen LogP contribution in [0.5, 0.6) is 0 Å². The zero-order chi connectivity index (χ0) is 19.6. The number of nitrogens with one attached hydrogen (secondary N) is 1. The van der Waals surface area contributed by atoms with E-state index >= 15 is 0 Å². The number of non-ortho nitro benzene ring substituents is 1. The lowest BCUT2D eigenvalue weighted by atomic mass is 10.1. The van der Waals surface area contributed by atoms with Crippen molar-refractivity contribution < 1.29 is 22.5 Å². The largest absolute Gasteiger partial charge is 0.457 e. The van der Waals surface area contributed by atoms with Crippen LogP contribution in [0.2, 0.25) is 0 Å². The molecular weight excluding hydrogens is 367 g/mol. The lowest BCUT2D eigenvalue weighted by molar-refractivity contribution is -0.384. The molecule has 0 bridgehead atoms. The molecule has 138 valence electrons.